The van der Waals surface area contributed by atoms with E-state index in [0.29, 0.717) is 6.04 Å². The monoisotopic (exact) mass is 284 g/mol. The molecule has 3 nitrogen and oxygen atoms in total. The van der Waals surface area contributed by atoms with Gasteiger partial charge in [0.25, 0.3) is 0 Å². The summed E-state index contributed by atoms with van der Waals surface area (Å²) < 4.78 is 6.19. The molecule has 0 amide bonds. The lowest BCUT2D eigenvalue weighted by molar-refractivity contribution is 0.412. The van der Waals surface area contributed by atoms with Crippen LogP contribution in [0.1, 0.15) is 12.8 Å². The summed E-state index contributed by atoms with van der Waals surface area (Å²) in [6.45, 7) is 2.19. The topological polar surface area (TPSA) is 33.3 Å². The van der Waals surface area contributed by atoms with Crippen molar-refractivity contribution in [2.75, 3.05) is 25.5 Å². The number of benzene rings is 1. The van der Waals surface area contributed by atoms with Gasteiger partial charge in [-0.1, -0.05) is 0 Å². The van der Waals surface area contributed by atoms with Gasteiger partial charge in [-0.05, 0) is 53.5 Å². The Labute approximate surface area is 105 Å². The van der Waals surface area contributed by atoms with E-state index in [-0.39, 0.29) is 0 Å². The highest BCUT2D eigenvalue weighted by Gasteiger charge is 2.12. The second kappa shape index (κ2) is 5.55. The number of rotatable bonds is 3. The van der Waals surface area contributed by atoms with Crippen LogP contribution in [0.25, 0.3) is 0 Å². The summed E-state index contributed by atoms with van der Waals surface area (Å²) in [6.07, 6.45) is 2.48. The maximum atomic E-state index is 5.20. The zero-order valence-corrected chi connectivity index (χ0v) is 11.0. The molecule has 0 saturated carbocycles. The zero-order valence-electron chi connectivity index (χ0n) is 9.42. The molecule has 0 aliphatic carbocycles. The molecule has 0 radical (unpaired) electrons. The van der Waals surface area contributed by atoms with Crippen LogP contribution in [-0.4, -0.2) is 26.2 Å². The third-order valence-electron chi connectivity index (χ3n) is 2.82. The lowest BCUT2D eigenvalue weighted by atomic mass is 10.1. The number of piperidine rings is 1. The van der Waals surface area contributed by atoms with Crippen molar-refractivity contribution in [1.82, 2.24) is 5.32 Å². The summed E-state index contributed by atoms with van der Waals surface area (Å²) >= 11 is 3.49. The van der Waals surface area contributed by atoms with Crippen LogP contribution < -0.4 is 15.4 Å². The number of nitrogens with one attached hydrogen (secondary N) is 2. The molecule has 1 fully saturated rings. The second-order valence-electron chi connectivity index (χ2n) is 4.04. The number of hydrogen-bond acceptors (Lipinski definition) is 3. The van der Waals surface area contributed by atoms with Crippen molar-refractivity contribution in [3.05, 3.63) is 22.7 Å². The molecule has 1 unspecified atom stereocenters. The van der Waals surface area contributed by atoms with Gasteiger partial charge in [-0.2, -0.15) is 0 Å². The van der Waals surface area contributed by atoms with Gasteiger partial charge in [-0.25, -0.2) is 0 Å². The van der Waals surface area contributed by atoms with Gasteiger partial charge in [0.05, 0.1) is 11.6 Å². The normalized spacial score (nSPS) is 20.5. The largest absolute Gasteiger partial charge is 0.496 e. The highest BCUT2D eigenvalue weighted by molar-refractivity contribution is 9.10. The first-order chi connectivity index (χ1) is 7.79. The molecule has 0 bridgehead atoms. The van der Waals surface area contributed by atoms with Gasteiger partial charge in [0.1, 0.15) is 5.75 Å². The van der Waals surface area contributed by atoms with E-state index >= 15 is 0 Å². The van der Waals surface area contributed by atoms with Crippen LogP contribution in [0.3, 0.4) is 0 Å². The van der Waals surface area contributed by atoms with Gasteiger partial charge >= 0.3 is 0 Å². The number of hydrogen-bond donors (Lipinski definition) is 2. The van der Waals surface area contributed by atoms with Crippen molar-refractivity contribution >= 4 is 21.6 Å². The number of ether oxygens (including phenoxy) is 1. The Morgan fingerprint density at radius 3 is 3.00 bits per heavy atom. The fourth-order valence-corrected chi connectivity index (χ4v) is 2.51. The van der Waals surface area contributed by atoms with E-state index in [9.17, 15) is 0 Å². The fraction of sp³-hybridized carbons (Fsp3) is 0.500. The average Bonchev–Trinajstić information content (AvgIpc) is 2.31. The summed E-state index contributed by atoms with van der Waals surface area (Å²) in [5.74, 6) is 0.868. The molecule has 1 aromatic carbocycles. The van der Waals surface area contributed by atoms with E-state index < -0.39 is 0 Å². The lowest BCUT2D eigenvalue weighted by Crippen LogP contribution is -2.38. The molecular weight excluding hydrogens is 268 g/mol. The highest BCUT2D eigenvalue weighted by atomic mass is 79.9. The summed E-state index contributed by atoms with van der Waals surface area (Å²) in [5, 5.41) is 6.92. The van der Waals surface area contributed by atoms with E-state index in [2.05, 4.69) is 38.7 Å². The summed E-state index contributed by atoms with van der Waals surface area (Å²) in [5.41, 5.74) is 1.14. The molecule has 16 heavy (non-hydrogen) atoms. The third-order valence-corrected chi connectivity index (χ3v) is 3.44. The molecule has 4 heteroatoms. The molecule has 1 heterocycles. The first-order valence-corrected chi connectivity index (χ1v) is 6.39. The van der Waals surface area contributed by atoms with Crippen LogP contribution in [0.4, 0.5) is 5.69 Å². The minimum atomic E-state index is 0.536. The molecular formula is C12H17BrN2O. The minimum Gasteiger partial charge on any atom is -0.496 e. The van der Waals surface area contributed by atoms with E-state index in [1.807, 2.05) is 6.07 Å². The van der Waals surface area contributed by atoms with Crippen LogP contribution in [-0.2, 0) is 0 Å². The molecule has 0 aromatic heterocycles. The Balaban J connectivity index is 2.01. The fourth-order valence-electron chi connectivity index (χ4n) is 1.97. The van der Waals surface area contributed by atoms with Gasteiger partial charge < -0.3 is 15.4 Å². The smallest absolute Gasteiger partial charge is 0.133 e. The standard InChI is InChI=1S/C12H17BrN2O/c1-16-12-5-4-9(7-11(12)13)15-10-3-2-6-14-8-10/h4-5,7,10,14-15H,2-3,6,8H2,1H3. The SMILES string of the molecule is COc1ccc(NC2CCCNC2)cc1Br. The Bertz CT molecular complexity index is 351. The van der Waals surface area contributed by atoms with Gasteiger partial charge in [0.2, 0.25) is 0 Å². The molecule has 2 rings (SSSR count). The van der Waals surface area contributed by atoms with Gasteiger partial charge in [-0.15, -0.1) is 0 Å². The van der Waals surface area contributed by atoms with Crippen molar-refractivity contribution in [3.8, 4) is 5.75 Å². The number of methoxy groups -OCH3 is 1. The van der Waals surface area contributed by atoms with Crippen LogP contribution in [0, 0.1) is 0 Å². The van der Waals surface area contributed by atoms with E-state index in [1.165, 1.54) is 12.8 Å². The number of anilines is 1. The Morgan fingerprint density at radius 2 is 2.38 bits per heavy atom. The molecule has 1 atom stereocenters. The van der Waals surface area contributed by atoms with E-state index in [1.54, 1.807) is 7.11 Å². The molecule has 1 saturated heterocycles. The first-order valence-electron chi connectivity index (χ1n) is 5.60. The van der Waals surface area contributed by atoms with Crippen LogP contribution in [0.2, 0.25) is 0 Å². The van der Waals surface area contributed by atoms with Crippen molar-refractivity contribution in [2.45, 2.75) is 18.9 Å². The predicted octanol–water partition coefficient (Wildman–Crippen LogP) is 2.62. The summed E-state index contributed by atoms with van der Waals surface area (Å²) in [4.78, 5) is 0. The van der Waals surface area contributed by atoms with Gasteiger partial charge in [0.15, 0.2) is 0 Å². The average molecular weight is 285 g/mol. The molecule has 1 aliphatic heterocycles. The maximum Gasteiger partial charge on any atom is 0.133 e. The second-order valence-corrected chi connectivity index (χ2v) is 4.89. The van der Waals surface area contributed by atoms with Gasteiger partial charge in [-0.3, -0.25) is 0 Å². The molecule has 88 valence electrons. The quantitative estimate of drug-likeness (QED) is 0.895. The van der Waals surface area contributed by atoms with Crippen molar-refractivity contribution < 1.29 is 4.74 Å². The summed E-state index contributed by atoms with van der Waals surface area (Å²) in [7, 11) is 1.68. The van der Waals surface area contributed by atoms with Crippen LogP contribution >= 0.6 is 15.9 Å². The number of halogens is 1. The predicted molar refractivity (Wildman–Crippen MR) is 70.2 cm³/mol. The highest BCUT2D eigenvalue weighted by Crippen LogP contribution is 2.28. The van der Waals surface area contributed by atoms with Crippen LogP contribution in [0.15, 0.2) is 22.7 Å². The van der Waals surface area contributed by atoms with Crippen LogP contribution in [0.5, 0.6) is 5.75 Å². The molecule has 0 spiro atoms. The molecule has 1 aliphatic rings. The maximum absolute atomic E-state index is 5.20. The molecule has 2 N–H and O–H groups in total. The van der Waals surface area contributed by atoms with E-state index in [0.717, 1.165) is 29.0 Å². The Kier molecular flexibility index (Phi) is 4.07. The minimum absolute atomic E-state index is 0.536. The summed E-state index contributed by atoms with van der Waals surface area (Å²) in [6, 6.07) is 6.63. The zero-order chi connectivity index (χ0) is 11.4. The Hall–Kier alpha value is -0.740. The molecule has 1 aromatic rings. The lowest BCUT2D eigenvalue weighted by Gasteiger charge is -2.25. The van der Waals surface area contributed by atoms with Crippen molar-refractivity contribution in [3.63, 3.8) is 0 Å². The van der Waals surface area contributed by atoms with Crippen molar-refractivity contribution in [1.29, 1.82) is 0 Å². The Morgan fingerprint density at radius 1 is 1.50 bits per heavy atom. The third kappa shape index (κ3) is 2.89. The first kappa shape index (κ1) is 11.7. The van der Waals surface area contributed by atoms with E-state index in [4.69, 9.17) is 4.74 Å². The van der Waals surface area contributed by atoms with Crippen molar-refractivity contribution in [2.24, 2.45) is 0 Å². The van der Waals surface area contributed by atoms with Gasteiger partial charge in [0, 0.05) is 18.3 Å².